The van der Waals surface area contributed by atoms with Crippen LogP contribution in [0.3, 0.4) is 0 Å². The summed E-state index contributed by atoms with van der Waals surface area (Å²) in [5.41, 5.74) is 3.27. The van der Waals surface area contributed by atoms with Crippen molar-refractivity contribution < 1.29 is 4.79 Å². The number of carbonyl (C=O) groups is 1. The Morgan fingerprint density at radius 1 is 1.32 bits per heavy atom. The van der Waals surface area contributed by atoms with Crippen molar-refractivity contribution in [3.05, 3.63) is 26.2 Å². The molecule has 0 bridgehead atoms. The summed E-state index contributed by atoms with van der Waals surface area (Å²) in [6.07, 6.45) is 1.81. The maximum atomic E-state index is 12.7. The molecule has 100 valence electrons. The molecule has 0 aromatic carbocycles. The number of amides is 1. The highest BCUT2D eigenvalue weighted by Crippen LogP contribution is 2.32. The van der Waals surface area contributed by atoms with Crippen LogP contribution in [-0.4, -0.2) is 32.8 Å². The quantitative estimate of drug-likeness (QED) is 0.787. The second-order valence-electron chi connectivity index (χ2n) is 4.41. The van der Waals surface area contributed by atoms with Crippen LogP contribution in [0, 0.1) is 6.92 Å². The Labute approximate surface area is 126 Å². The van der Waals surface area contributed by atoms with Crippen LogP contribution in [0.25, 0.3) is 0 Å². The summed E-state index contributed by atoms with van der Waals surface area (Å²) < 4.78 is 1.09. The maximum absolute atomic E-state index is 12.7. The van der Waals surface area contributed by atoms with Gasteiger partial charge in [-0.25, -0.2) is 0 Å². The second kappa shape index (κ2) is 4.75. The lowest BCUT2D eigenvalue weighted by Crippen LogP contribution is -2.35. The molecule has 2 N–H and O–H groups in total. The number of hydrogen-bond donors (Lipinski definition) is 2. The van der Waals surface area contributed by atoms with E-state index in [1.165, 1.54) is 0 Å². The van der Waals surface area contributed by atoms with Gasteiger partial charge in [-0.1, -0.05) is 0 Å². The van der Waals surface area contributed by atoms with Crippen molar-refractivity contribution in [2.24, 2.45) is 0 Å². The molecule has 0 fully saturated rings. The molecule has 1 aliphatic rings. The van der Waals surface area contributed by atoms with E-state index in [4.69, 9.17) is 0 Å². The Bertz CT molecular complexity index is 628. The molecule has 0 saturated carbocycles. The fourth-order valence-electron chi connectivity index (χ4n) is 2.34. The van der Waals surface area contributed by atoms with E-state index < -0.39 is 0 Å². The van der Waals surface area contributed by atoms with Gasteiger partial charge in [-0.15, -0.1) is 0 Å². The lowest BCUT2D eigenvalue weighted by atomic mass is 10.1. The predicted molar refractivity (Wildman–Crippen MR) is 77.3 cm³/mol. The van der Waals surface area contributed by atoms with E-state index in [1.54, 1.807) is 4.90 Å². The molecular formula is C11H11Br2N5O. The number of aromatic amines is 2. The number of anilines is 1. The van der Waals surface area contributed by atoms with Gasteiger partial charge in [0.2, 0.25) is 0 Å². The van der Waals surface area contributed by atoms with Crippen molar-refractivity contribution in [3.63, 3.8) is 0 Å². The monoisotopic (exact) mass is 387 g/mol. The van der Waals surface area contributed by atoms with E-state index in [0.29, 0.717) is 21.3 Å². The zero-order valence-corrected chi connectivity index (χ0v) is 13.3. The van der Waals surface area contributed by atoms with Crippen molar-refractivity contribution in [1.29, 1.82) is 0 Å². The molecule has 0 aliphatic carbocycles. The van der Waals surface area contributed by atoms with Gasteiger partial charge in [0.1, 0.15) is 14.8 Å². The highest BCUT2D eigenvalue weighted by atomic mass is 79.9. The molecule has 6 nitrogen and oxygen atoms in total. The Hall–Kier alpha value is -1.15. The number of H-pyrrole nitrogens is 2. The summed E-state index contributed by atoms with van der Waals surface area (Å²) >= 11 is 6.60. The third kappa shape index (κ3) is 2.02. The van der Waals surface area contributed by atoms with Gasteiger partial charge >= 0.3 is 0 Å². The van der Waals surface area contributed by atoms with Crippen LogP contribution in [0.2, 0.25) is 0 Å². The Morgan fingerprint density at radius 2 is 2.11 bits per heavy atom. The normalized spacial score (nSPS) is 14.6. The smallest absolute Gasteiger partial charge is 0.263 e. The van der Waals surface area contributed by atoms with Crippen LogP contribution in [-0.2, 0) is 6.42 Å². The Morgan fingerprint density at radius 3 is 2.79 bits per heavy atom. The molecule has 0 spiro atoms. The molecule has 19 heavy (non-hydrogen) atoms. The van der Waals surface area contributed by atoms with E-state index >= 15 is 0 Å². The lowest BCUT2D eigenvalue weighted by molar-refractivity contribution is 0.0983. The number of aromatic nitrogens is 4. The zero-order chi connectivity index (χ0) is 13.6. The first kappa shape index (κ1) is 12.9. The third-order valence-electron chi connectivity index (χ3n) is 3.19. The van der Waals surface area contributed by atoms with Gasteiger partial charge in [0.15, 0.2) is 0 Å². The summed E-state index contributed by atoms with van der Waals surface area (Å²) in [5, 5.41) is 13.9. The van der Waals surface area contributed by atoms with Crippen molar-refractivity contribution in [2.45, 2.75) is 19.8 Å². The molecular weight excluding hydrogens is 378 g/mol. The largest absolute Gasteiger partial charge is 0.305 e. The molecule has 1 amide bonds. The van der Waals surface area contributed by atoms with Crippen molar-refractivity contribution in [2.75, 3.05) is 11.4 Å². The standard InChI is InChI=1S/C11H11Br2N5O/c1-5-8-6(15-14-5)3-2-4-18(8)11(19)7-9(12)16-17-10(7)13/h2-4H2,1H3,(H,14,15)(H,16,17). The first-order valence-electron chi connectivity index (χ1n) is 5.84. The van der Waals surface area contributed by atoms with Crippen LogP contribution in [0.5, 0.6) is 0 Å². The van der Waals surface area contributed by atoms with E-state index in [0.717, 1.165) is 29.9 Å². The topological polar surface area (TPSA) is 77.7 Å². The minimum Gasteiger partial charge on any atom is -0.305 e. The van der Waals surface area contributed by atoms with E-state index in [2.05, 4.69) is 52.3 Å². The molecule has 0 radical (unpaired) electrons. The highest BCUT2D eigenvalue weighted by molar-refractivity contribution is 9.11. The Balaban J connectivity index is 2.05. The van der Waals surface area contributed by atoms with Gasteiger partial charge in [0.05, 0.1) is 17.1 Å². The van der Waals surface area contributed by atoms with Crippen LogP contribution >= 0.6 is 31.9 Å². The number of nitrogens with zero attached hydrogens (tertiary/aromatic N) is 3. The van der Waals surface area contributed by atoms with Crippen LogP contribution in [0.1, 0.15) is 28.2 Å². The van der Waals surface area contributed by atoms with Crippen molar-refractivity contribution >= 4 is 43.5 Å². The van der Waals surface area contributed by atoms with E-state index in [1.807, 2.05) is 6.92 Å². The SMILES string of the molecule is Cc1[nH]nc2c1N(C(=O)c1c(Br)n[nH]c1Br)CCC2. The molecule has 0 saturated heterocycles. The highest BCUT2D eigenvalue weighted by Gasteiger charge is 2.30. The predicted octanol–water partition coefficient (Wildman–Crippen LogP) is 2.56. The van der Waals surface area contributed by atoms with Crippen molar-refractivity contribution in [1.82, 2.24) is 20.4 Å². The molecule has 2 aromatic rings. The fraction of sp³-hybridized carbons (Fsp3) is 0.364. The number of rotatable bonds is 1. The summed E-state index contributed by atoms with van der Waals surface area (Å²) in [6, 6.07) is 0. The number of hydrogen-bond acceptors (Lipinski definition) is 3. The average Bonchev–Trinajstić information content (AvgIpc) is 2.93. The summed E-state index contributed by atoms with van der Waals surface area (Å²) in [4.78, 5) is 14.4. The van der Waals surface area contributed by atoms with Crippen LogP contribution < -0.4 is 4.90 Å². The number of fused-ring (bicyclic) bond motifs is 1. The van der Waals surface area contributed by atoms with Gasteiger partial charge in [-0.05, 0) is 51.6 Å². The van der Waals surface area contributed by atoms with Gasteiger partial charge in [-0.3, -0.25) is 15.0 Å². The second-order valence-corrected chi connectivity index (χ2v) is 5.95. The minimum absolute atomic E-state index is 0.0852. The van der Waals surface area contributed by atoms with E-state index in [9.17, 15) is 4.79 Å². The number of halogens is 2. The molecule has 8 heteroatoms. The summed E-state index contributed by atoms with van der Waals surface area (Å²) in [6.45, 7) is 2.62. The fourth-order valence-corrected chi connectivity index (χ4v) is 3.51. The summed E-state index contributed by atoms with van der Waals surface area (Å²) in [5.74, 6) is -0.0852. The lowest BCUT2D eigenvalue weighted by Gasteiger charge is -2.26. The number of nitrogens with one attached hydrogen (secondary N) is 2. The molecule has 0 atom stereocenters. The Kier molecular flexibility index (Phi) is 3.22. The van der Waals surface area contributed by atoms with Crippen LogP contribution in [0.4, 0.5) is 5.69 Å². The van der Waals surface area contributed by atoms with Gasteiger partial charge in [-0.2, -0.15) is 10.2 Å². The number of carbonyl (C=O) groups excluding carboxylic acids is 1. The number of aryl methyl sites for hydroxylation is 2. The first-order valence-corrected chi connectivity index (χ1v) is 7.43. The molecule has 1 aliphatic heterocycles. The minimum atomic E-state index is -0.0852. The van der Waals surface area contributed by atoms with Crippen molar-refractivity contribution in [3.8, 4) is 0 Å². The maximum Gasteiger partial charge on any atom is 0.263 e. The van der Waals surface area contributed by atoms with Gasteiger partial charge in [0.25, 0.3) is 5.91 Å². The van der Waals surface area contributed by atoms with Crippen LogP contribution in [0.15, 0.2) is 9.21 Å². The van der Waals surface area contributed by atoms with E-state index in [-0.39, 0.29) is 5.91 Å². The zero-order valence-electron chi connectivity index (χ0n) is 10.1. The average molecular weight is 389 g/mol. The van der Waals surface area contributed by atoms with Gasteiger partial charge < -0.3 is 4.90 Å². The molecule has 2 aromatic heterocycles. The molecule has 0 unspecified atom stereocenters. The first-order chi connectivity index (χ1) is 9.09. The molecule has 3 heterocycles. The van der Waals surface area contributed by atoms with Gasteiger partial charge in [0, 0.05) is 6.54 Å². The summed E-state index contributed by atoms with van der Waals surface area (Å²) in [7, 11) is 0. The third-order valence-corrected chi connectivity index (χ3v) is 4.34. The molecule has 3 rings (SSSR count).